The van der Waals surface area contributed by atoms with Gasteiger partial charge < -0.3 is 4.74 Å². The first-order chi connectivity index (χ1) is 6.70. The van der Waals surface area contributed by atoms with E-state index in [1.807, 2.05) is 12.1 Å². The lowest BCUT2D eigenvalue weighted by Crippen LogP contribution is -2.05. The van der Waals surface area contributed by atoms with Gasteiger partial charge in [-0.2, -0.15) is 0 Å². The summed E-state index contributed by atoms with van der Waals surface area (Å²) in [6, 6.07) is 8.30. The molecule has 0 radical (unpaired) electrons. The van der Waals surface area contributed by atoms with Crippen molar-refractivity contribution in [2.45, 2.75) is 18.8 Å². The van der Waals surface area contributed by atoms with Crippen molar-refractivity contribution >= 4 is 11.6 Å². The number of hydrogen-bond acceptors (Lipinski definition) is 1. The van der Waals surface area contributed by atoms with Crippen LogP contribution in [0.5, 0.6) is 5.75 Å². The van der Waals surface area contributed by atoms with Gasteiger partial charge in [-0.1, -0.05) is 19.1 Å². The van der Waals surface area contributed by atoms with Crippen molar-refractivity contribution in [1.82, 2.24) is 0 Å². The van der Waals surface area contributed by atoms with E-state index >= 15 is 0 Å². The van der Waals surface area contributed by atoms with Gasteiger partial charge in [0.2, 0.25) is 0 Å². The highest BCUT2D eigenvalue weighted by molar-refractivity contribution is 6.18. The molecule has 2 atom stereocenters. The van der Waals surface area contributed by atoms with E-state index in [9.17, 15) is 0 Å². The van der Waals surface area contributed by atoms with E-state index in [0.717, 1.165) is 11.6 Å². The minimum Gasteiger partial charge on any atom is -0.497 e. The topological polar surface area (TPSA) is 9.23 Å². The van der Waals surface area contributed by atoms with Crippen molar-refractivity contribution in [3.8, 4) is 5.75 Å². The maximum absolute atomic E-state index is 5.88. The smallest absolute Gasteiger partial charge is 0.119 e. The maximum atomic E-state index is 5.88. The third kappa shape index (κ3) is 1.50. The van der Waals surface area contributed by atoms with E-state index in [4.69, 9.17) is 16.3 Å². The van der Waals surface area contributed by atoms with Gasteiger partial charge in [0.15, 0.2) is 0 Å². The average Bonchev–Trinajstić information content (AvgIpc) is 2.92. The van der Waals surface area contributed by atoms with E-state index < -0.39 is 0 Å². The molecule has 2 heteroatoms. The molecular weight excluding hydrogens is 196 g/mol. The van der Waals surface area contributed by atoms with Gasteiger partial charge in [-0.05, 0) is 35.4 Å². The maximum Gasteiger partial charge on any atom is 0.119 e. The van der Waals surface area contributed by atoms with Crippen LogP contribution in [0.3, 0.4) is 0 Å². The third-order valence-electron chi connectivity index (χ3n) is 3.33. The highest BCUT2D eigenvalue weighted by atomic mass is 35.5. The van der Waals surface area contributed by atoms with Crippen molar-refractivity contribution < 1.29 is 4.74 Å². The number of alkyl halides is 1. The summed E-state index contributed by atoms with van der Waals surface area (Å²) in [5, 5.41) is 0. The fourth-order valence-corrected chi connectivity index (χ4v) is 2.46. The van der Waals surface area contributed by atoms with Crippen molar-refractivity contribution in [3.63, 3.8) is 0 Å². The molecule has 1 aliphatic rings. The van der Waals surface area contributed by atoms with Gasteiger partial charge in [-0.3, -0.25) is 0 Å². The van der Waals surface area contributed by atoms with Crippen LogP contribution >= 0.6 is 11.6 Å². The van der Waals surface area contributed by atoms with Crippen LogP contribution in [-0.2, 0) is 5.41 Å². The molecule has 1 saturated carbocycles. The van der Waals surface area contributed by atoms with Crippen LogP contribution in [0.2, 0.25) is 0 Å². The van der Waals surface area contributed by atoms with Crippen LogP contribution in [0.15, 0.2) is 24.3 Å². The summed E-state index contributed by atoms with van der Waals surface area (Å²) >= 11 is 5.88. The molecule has 0 spiro atoms. The molecule has 0 bridgehead atoms. The molecule has 0 aromatic heterocycles. The number of hydrogen-bond donors (Lipinski definition) is 0. The van der Waals surface area contributed by atoms with Crippen molar-refractivity contribution in [1.29, 1.82) is 0 Å². The standard InChI is InChI=1S/C12H15ClO/c1-12(7-10(12)8-13)9-4-3-5-11(6-9)14-2/h3-6,10H,7-8H2,1-2H3. The predicted molar refractivity (Wildman–Crippen MR) is 59.2 cm³/mol. The molecule has 2 rings (SSSR count). The second kappa shape index (κ2) is 3.47. The van der Waals surface area contributed by atoms with Crippen LogP contribution in [0.4, 0.5) is 0 Å². The highest BCUT2D eigenvalue weighted by Crippen LogP contribution is 2.54. The third-order valence-corrected chi connectivity index (χ3v) is 3.70. The lowest BCUT2D eigenvalue weighted by Gasteiger charge is -2.12. The van der Waals surface area contributed by atoms with Gasteiger partial charge in [0, 0.05) is 5.88 Å². The second-order valence-electron chi connectivity index (χ2n) is 4.20. The molecule has 14 heavy (non-hydrogen) atoms. The Labute approximate surface area is 90.0 Å². The number of rotatable bonds is 3. The van der Waals surface area contributed by atoms with E-state index in [-0.39, 0.29) is 5.41 Å². The summed E-state index contributed by atoms with van der Waals surface area (Å²) in [5.41, 5.74) is 1.64. The van der Waals surface area contributed by atoms with Crippen molar-refractivity contribution in [2.24, 2.45) is 5.92 Å². The molecule has 76 valence electrons. The van der Waals surface area contributed by atoms with Gasteiger partial charge in [-0.15, -0.1) is 11.6 Å². The largest absolute Gasteiger partial charge is 0.497 e. The van der Waals surface area contributed by atoms with E-state index in [0.29, 0.717) is 5.92 Å². The van der Waals surface area contributed by atoms with E-state index in [2.05, 4.69) is 19.1 Å². The number of halogens is 1. The van der Waals surface area contributed by atoms with Crippen LogP contribution < -0.4 is 4.74 Å². The molecule has 1 aliphatic carbocycles. The Balaban J connectivity index is 2.25. The molecule has 0 saturated heterocycles. The van der Waals surface area contributed by atoms with Crippen LogP contribution in [0, 0.1) is 5.92 Å². The first-order valence-corrected chi connectivity index (χ1v) is 5.44. The zero-order valence-electron chi connectivity index (χ0n) is 8.59. The first-order valence-electron chi connectivity index (χ1n) is 4.91. The minimum atomic E-state index is 0.288. The molecular formula is C12H15ClO. The average molecular weight is 211 g/mol. The quantitative estimate of drug-likeness (QED) is 0.697. The van der Waals surface area contributed by atoms with Gasteiger partial charge in [0.25, 0.3) is 0 Å². The SMILES string of the molecule is COc1cccc(C2(C)CC2CCl)c1. The summed E-state index contributed by atoms with van der Waals surface area (Å²) in [6.07, 6.45) is 1.20. The Morgan fingerprint density at radius 2 is 2.36 bits per heavy atom. The molecule has 1 aromatic carbocycles. The Kier molecular flexibility index (Phi) is 2.44. The monoisotopic (exact) mass is 210 g/mol. The summed E-state index contributed by atoms with van der Waals surface area (Å²) in [4.78, 5) is 0. The molecule has 0 N–H and O–H groups in total. The lowest BCUT2D eigenvalue weighted by atomic mass is 9.96. The molecule has 1 nitrogen and oxygen atoms in total. The zero-order chi connectivity index (χ0) is 10.2. The highest BCUT2D eigenvalue weighted by Gasteiger charge is 2.50. The summed E-state index contributed by atoms with van der Waals surface area (Å²) in [6.45, 7) is 2.27. The van der Waals surface area contributed by atoms with Gasteiger partial charge in [0.1, 0.15) is 5.75 Å². The molecule has 0 amide bonds. The van der Waals surface area contributed by atoms with Crippen LogP contribution in [-0.4, -0.2) is 13.0 Å². The second-order valence-corrected chi connectivity index (χ2v) is 4.51. The molecule has 1 fully saturated rings. The predicted octanol–water partition coefficient (Wildman–Crippen LogP) is 3.21. The molecule has 1 aromatic rings. The fraction of sp³-hybridized carbons (Fsp3) is 0.500. The Morgan fingerprint density at radius 1 is 1.57 bits per heavy atom. The van der Waals surface area contributed by atoms with Crippen LogP contribution in [0.1, 0.15) is 18.9 Å². The normalized spacial score (nSPS) is 30.1. The van der Waals surface area contributed by atoms with E-state index in [1.165, 1.54) is 12.0 Å². The Morgan fingerprint density at radius 3 is 2.93 bits per heavy atom. The fourth-order valence-electron chi connectivity index (χ4n) is 2.01. The number of methoxy groups -OCH3 is 1. The van der Waals surface area contributed by atoms with E-state index in [1.54, 1.807) is 7.11 Å². The summed E-state index contributed by atoms with van der Waals surface area (Å²) < 4.78 is 5.21. The number of benzene rings is 1. The zero-order valence-corrected chi connectivity index (χ0v) is 9.34. The first kappa shape index (κ1) is 9.85. The van der Waals surface area contributed by atoms with Gasteiger partial charge in [0.05, 0.1) is 7.11 Å². The Hall–Kier alpha value is -0.690. The summed E-state index contributed by atoms with van der Waals surface area (Å²) in [5.74, 6) is 2.33. The van der Waals surface area contributed by atoms with Crippen molar-refractivity contribution in [2.75, 3.05) is 13.0 Å². The van der Waals surface area contributed by atoms with Crippen LogP contribution in [0.25, 0.3) is 0 Å². The lowest BCUT2D eigenvalue weighted by molar-refractivity contribution is 0.413. The molecule has 0 aliphatic heterocycles. The number of ether oxygens (including phenoxy) is 1. The molecule has 0 heterocycles. The van der Waals surface area contributed by atoms with Gasteiger partial charge in [-0.25, -0.2) is 0 Å². The summed E-state index contributed by atoms with van der Waals surface area (Å²) in [7, 11) is 1.70. The molecule has 2 unspecified atom stereocenters. The Bertz CT molecular complexity index is 337. The van der Waals surface area contributed by atoms with Gasteiger partial charge >= 0.3 is 0 Å². The van der Waals surface area contributed by atoms with Crippen molar-refractivity contribution in [3.05, 3.63) is 29.8 Å². The minimum absolute atomic E-state index is 0.288.